The van der Waals surface area contributed by atoms with Gasteiger partial charge in [-0.1, -0.05) is 0 Å². The number of hydrogen-bond acceptors (Lipinski definition) is 4. The lowest BCUT2D eigenvalue weighted by molar-refractivity contribution is 0.555. The van der Waals surface area contributed by atoms with Crippen LogP contribution in [0.1, 0.15) is 18.9 Å². The van der Waals surface area contributed by atoms with E-state index in [9.17, 15) is 17.0 Å². The van der Waals surface area contributed by atoms with Crippen molar-refractivity contribution in [2.75, 3.05) is 12.0 Å². The van der Waals surface area contributed by atoms with Crippen molar-refractivity contribution in [2.45, 2.75) is 24.3 Å². The van der Waals surface area contributed by atoms with Gasteiger partial charge in [-0.2, -0.15) is 5.26 Å². The highest BCUT2D eigenvalue weighted by Crippen LogP contribution is 2.15. The van der Waals surface area contributed by atoms with Crippen LogP contribution in [0, 0.1) is 17.1 Å². The van der Waals surface area contributed by atoms with Gasteiger partial charge in [0.2, 0.25) is 10.0 Å². The highest BCUT2D eigenvalue weighted by molar-refractivity contribution is 7.89. The minimum atomic E-state index is -3.82. The van der Waals surface area contributed by atoms with E-state index in [1.54, 1.807) is 19.2 Å². The molecule has 0 radical (unpaired) electrons. The van der Waals surface area contributed by atoms with Crippen molar-refractivity contribution in [3.8, 4) is 6.07 Å². The molecule has 2 unspecified atom stereocenters. The summed E-state index contributed by atoms with van der Waals surface area (Å²) in [5.74, 6) is -0.378. The molecule has 0 spiro atoms. The molecule has 0 aliphatic carbocycles. The van der Waals surface area contributed by atoms with E-state index in [1.807, 2.05) is 0 Å². The van der Waals surface area contributed by atoms with Gasteiger partial charge >= 0.3 is 0 Å². The molecule has 1 aromatic carbocycles. The first-order valence-corrected chi connectivity index (χ1v) is 8.99. The zero-order chi connectivity index (χ0) is 15.3. The van der Waals surface area contributed by atoms with Gasteiger partial charge in [0.1, 0.15) is 11.9 Å². The lowest BCUT2D eigenvalue weighted by Gasteiger charge is -2.13. The van der Waals surface area contributed by atoms with Crippen molar-refractivity contribution in [2.24, 2.45) is 0 Å². The monoisotopic (exact) mass is 318 g/mol. The zero-order valence-electron chi connectivity index (χ0n) is 11.1. The summed E-state index contributed by atoms with van der Waals surface area (Å²) in [4.78, 5) is -0.167. The van der Waals surface area contributed by atoms with E-state index >= 15 is 0 Å². The summed E-state index contributed by atoms with van der Waals surface area (Å²) < 4.78 is 50.6. The van der Waals surface area contributed by atoms with Crippen LogP contribution >= 0.6 is 0 Å². The molecule has 0 saturated heterocycles. The molecule has 0 heterocycles. The van der Waals surface area contributed by atoms with Crippen LogP contribution in [0.4, 0.5) is 4.39 Å². The van der Waals surface area contributed by atoms with E-state index < -0.39 is 32.7 Å². The molecule has 1 aromatic rings. The SMILES string of the molecule is CC(CCS(C)=O)NS(=O)(=O)c1ccc(F)c(C#N)c1. The molecule has 0 amide bonds. The molecule has 1 N–H and O–H groups in total. The fraction of sp³-hybridized carbons (Fsp3) is 0.417. The second-order valence-electron chi connectivity index (χ2n) is 4.34. The average molecular weight is 318 g/mol. The third-order valence-corrected chi connectivity index (χ3v) is 4.96. The standard InChI is InChI=1S/C12H15FN2O3S2/c1-9(5-6-19(2)16)15-20(17,18)11-3-4-12(13)10(7-11)8-14/h3-4,7,9,15H,5-6H2,1-2H3. The molecule has 0 fully saturated rings. The maximum Gasteiger partial charge on any atom is 0.240 e. The van der Waals surface area contributed by atoms with Gasteiger partial charge in [0, 0.05) is 28.9 Å². The van der Waals surface area contributed by atoms with E-state index in [1.165, 1.54) is 0 Å². The van der Waals surface area contributed by atoms with Crippen molar-refractivity contribution in [3.05, 3.63) is 29.6 Å². The fourth-order valence-electron chi connectivity index (χ4n) is 1.49. The van der Waals surface area contributed by atoms with Gasteiger partial charge in [0.25, 0.3) is 0 Å². The van der Waals surface area contributed by atoms with E-state index in [0.29, 0.717) is 12.2 Å². The second-order valence-corrected chi connectivity index (χ2v) is 7.61. The molecular formula is C12H15FN2O3S2. The molecule has 20 heavy (non-hydrogen) atoms. The summed E-state index contributed by atoms with van der Waals surface area (Å²) in [7, 11) is -4.82. The second kappa shape index (κ2) is 6.92. The summed E-state index contributed by atoms with van der Waals surface area (Å²) in [5, 5.41) is 8.70. The van der Waals surface area contributed by atoms with E-state index in [0.717, 1.165) is 18.2 Å². The van der Waals surface area contributed by atoms with Crippen LogP contribution in [0.2, 0.25) is 0 Å². The number of benzene rings is 1. The Bertz CT molecular complexity index is 653. The third kappa shape index (κ3) is 4.67. The number of rotatable bonds is 6. The largest absolute Gasteiger partial charge is 0.260 e. The molecule has 0 bridgehead atoms. The summed E-state index contributed by atoms with van der Waals surface area (Å²) in [6.45, 7) is 1.65. The quantitative estimate of drug-likeness (QED) is 0.852. The van der Waals surface area contributed by atoms with Gasteiger partial charge in [0.05, 0.1) is 10.5 Å². The molecule has 5 nitrogen and oxygen atoms in total. The summed E-state index contributed by atoms with van der Waals surface area (Å²) in [5.41, 5.74) is -0.324. The Morgan fingerprint density at radius 3 is 2.70 bits per heavy atom. The van der Waals surface area contributed by atoms with E-state index in [-0.39, 0.29) is 10.5 Å². The van der Waals surface area contributed by atoms with Crippen LogP contribution in [0.25, 0.3) is 0 Å². The van der Waals surface area contributed by atoms with Crippen LogP contribution < -0.4 is 4.72 Å². The lowest BCUT2D eigenvalue weighted by Crippen LogP contribution is -2.33. The first-order chi connectivity index (χ1) is 9.26. The molecule has 0 aliphatic rings. The minimum absolute atomic E-state index is 0.167. The van der Waals surface area contributed by atoms with Crippen LogP contribution in [0.5, 0.6) is 0 Å². The van der Waals surface area contributed by atoms with Gasteiger partial charge in [-0.25, -0.2) is 17.5 Å². The Kier molecular flexibility index (Phi) is 5.80. The van der Waals surface area contributed by atoms with E-state index in [4.69, 9.17) is 5.26 Å². The average Bonchev–Trinajstić information content (AvgIpc) is 2.36. The zero-order valence-corrected chi connectivity index (χ0v) is 12.7. The molecular weight excluding hydrogens is 303 g/mol. The number of nitriles is 1. The van der Waals surface area contributed by atoms with Crippen LogP contribution in [0.15, 0.2) is 23.1 Å². The van der Waals surface area contributed by atoms with Crippen molar-refractivity contribution < 1.29 is 17.0 Å². The Morgan fingerprint density at radius 2 is 2.15 bits per heavy atom. The number of nitrogens with one attached hydrogen (secondary N) is 1. The number of halogens is 1. The molecule has 2 atom stereocenters. The van der Waals surface area contributed by atoms with Gasteiger partial charge in [-0.3, -0.25) is 4.21 Å². The highest BCUT2D eigenvalue weighted by Gasteiger charge is 2.19. The van der Waals surface area contributed by atoms with Crippen molar-refractivity contribution >= 4 is 20.8 Å². The van der Waals surface area contributed by atoms with Gasteiger partial charge in [-0.15, -0.1) is 0 Å². The smallest absolute Gasteiger partial charge is 0.240 e. The Labute approximate surface area is 120 Å². The fourth-order valence-corrected chi connectivity index (χ4v) is 3.48. The Balaban J connectivity index is 2.89. The molecule has 1 rings (SSSR count). The summed E-state index contributed by atoms with van der Waals surface area (Å²) in [6.07, 6.45) is 1.97. The van der Waals surface area contributed by atoms with Crippen LogP contribution in [0.3, 0.4) is 0 Å². The normalized spacial score (nSPS) is 14.5. The first-order valence-electron chi connectivity index (χ1n) is 5.78. The van der Waals surface area contributed by atoms with Crippen molar-refractivity contribution in [1.82, 2.24) is 4.72 Å². The first kappa shape index (κ1) is 16.8. The molecule has 0 aromatic heterocycles. The number of hydrogen-bond donors (Lipinski definition) is 1. The summed E-state index contributed by atoms with van der Waals surface area (Å²) >= 11 is 0. The van der Waals surface area contributed by atoms with Gasteiger partial charge in [0.15, 0.2) is 0 Å². The lowest BCUT2D eigenvalue weighted by atomic mass is 10.2. The maximum atomic E-state index is 13.2. The molecule has 0 saturated carbocycles. The number of sulfonamides is 1. The van der Waals surface area contributed by atoms with Crippen molar-refractivity contribution in [1.29, 1.82) is 5.26 Å². The summed E-state index contributed by atoms with van der Waals surface area (Å²) in [6, 6.07) is 4.22. The third-order valence-electron chi connectivity index (χ3n) is 2.56. The topological polar surface area (TPSA) is 87.0 Å². The van der Waals surface area contributed by atoms with Crippen LogP contribution in [-0.2, 0) is 20.8 Å². The van der Waals surface area contributed by atoms with E-state index in [2.05, 4.69) is 4.72 Å². The Morgan fingerprint density at radius 1 is 1.50 bits per heavy atom. The van der Waals surface area contributed by atoms with Crippen LogP contribution in [-0.4, -0.2) is 30.7 Å². The molecule has 8 heteroatoms. The minimum Gasteiger partial charge on any atom is -0.260 e. The van der Waals surface area contributed by atoms with Gasteiger partial charge < -0.3 is 0 Å². The predicted molar refractivity (Wildman–Crippen MR) is 74.4 cm³/mol. The molecule has 0 aliphatic heterocycles. The van der Waals surface area contributed by atoms with Gasteiger partial charge in [-0.05, 0) is 31.5 Å². The highest BCUT2D eigenvalue weighted by atomic mass is 32.2. The predicted octanol–water partition coefficient (Wildman–Crippen LogP) is 1.13. The Hall–Kier alpha value is -1.30. The maximum absolute atomic E-state index is 13.2. The molecule has 110 valence electrons. The number of nitrogens with zero attached hydrogens (tertiary/aromatic N) is 1. The van der Waals surface area contributed by atoms with Crippen molar-refractivity contribution in [3.63, 3.8) is 0 Å².